The van der Waals surface area contributed by atoms with E-state index in [4.69, 9.17) is 16.4 Å². The third-order valence-electron chi connectivity index (χ3n) is 10.9. The zero-order valence-corrected chi connectivity index (χ0v) is 24.4. The standard InChI is InChI=1S/C31H36ClF2NO4S/c1-28-11-10-21(36)14-24(28)25(33)15-23-22-13-20-17-35(12-6-9-19-7-4-3-5-8-19)39-31(20,27(38)40-18-32)29(22,2)16-26(37)30(23,28)34/h3-5,7-8,10-11,20,22-23,26,37H,6,9,12-18H2,1-2H3/t20-,22-,23-,26-,28-,29-,30-,31-/m0/s1. The number of hydrogen-bond donors (Lipinski definition) is 1. The smallest absolute Gasteiger partial charge is 0.224 e. The number of carbonyl (C=O) groups excluding carboxylic acids is 2. The van der Waals surface area contributed by atoms with E-state index in [1.807, 2.05) is 30.2 Å². The van der Waals surface area contributed by atoms with Gasteiger partial charge in [0, 0.05) is 48.6 Å². The molecule has 6 rings (SSSR count). The second-order valence-electron chi connectivity index (χ2n) is 12.7. The number of thioether (sulfide) groups is 1. The molecule has 0 radical (unpaired) electrons. The van der Waals surface area contributed by atoms with Gasteiger partial charge in [-0.3, -0.25) is 14.4 Å². The lowest BCUT2D eigenvalue weighted by Gasteiger charge is -2.62. The van der Waals surface area contributed by atoms with Crippen LogP contribution in [0.2, 0.25) is 0 Å². The molecule has 1 aliphatic heterocycles. The summed E-state index contributed by atoms with van der Waals surface area (Å²) in [5, 5.41) is 13.4. The van der Waals surface area contributed by atoms with Crippen molar-refractivity contribution in [2.45, 2.75) is 69.7 Å². The van der Waals surface area contributed by atoms with Crippen LogP contribution in [-0.4, -0.2) is 56.7 Å². The molecule has 1 aromatic carbocycles. The van der Waals surface area contributed by atoms with Crippen molar-refractivity contribution < 1.29 is 28.3 Å². The molecule has 0 bridgehead atoms. The van der Waals surface area contributed by atoms with Crippen LogP contribution in [0.15, 0.2) is 53.9 Å². The molecule has 0 aromatic heterocycles. The summed E-state index contributed by atoms with van der Waals surface area (Å²) in [5.74, 6) is -2.22. The van der Waals surface area contributed by atoms with Crippen molar-refractivity contribution in [2.75, 3.05) is 18.3 Å². The maximum Gasteiger partial charge on any atom is 0.224 e. The summed E-state index contributed by atoms with van der Waals surface area (Å²) >= 11 is 7.02. The van der Waals surface area contributed by atoms with Gasteiger partial charge >= 0.3 is 0 Å². The molecule has 40 heavy (non-hydrogen) atoms. The van der Waals surface area contributed by atoms with Gasteiger partial charge in [-0.25, -0.2) is 8.78 Å². The fourth-order valence-electron chi connectivity index (χ4n) is 9.03. The Kier molecular flexibility index (Phi) is 7.14. The number of nitrogens with zero attached hydrogens (tertiary/aromatic N) is 1. The number of hydrogen-bond acceptors (Lipinski definition) is 6. The third-order valence-corrected chi connectivity index (χ3v) is 11.9. The Bertz CT molecular complexity index is 1280. The SMILES string of the molecule is C[C@]12C=CC(=O)CC1=C(F)C[C@H]1[C@@H]3C[C@H]4CN(CCCc5ccccc5)O[C@@]4(C(=O)SCCl)[C@@]3(C)C[C@H](O)[C@@]12F. The van der Waals surface area contributed by atoms with Crippen LogP contribution in [0.25, 0.3) is 0 Å². The number of carbonyl (C=O) groups is 2. The summed E-state index contributed by atoms with van der Waals surface area (Å²) in [6.45, 7) is 4.66. The van der Waals surface area contributed by atoms with Gasteiger partial charge < -0.3 is 5.11 Å². The molecule has 4 aliphatic carbocycles. The van der Waals surface area contributed by atoms with E-state index in [1.165, 1.54) is 17.7 Å². The van der Waals surface area contributed by atoms with Crippen molar-refractivity contribution in [1.82, 2.24) is 5.06 Å². The van der Waals surface area contributed by atoms with Crippen LogP contribution in [-0.2, 0) is 20.8 Å². The van der Waals surface area contributed by atoms with Crippen LogP contribution in [0.3, 0.4) is 0 Å². The van der Waals surface area contributed by atoms with Crippen molar-refractivity contribution >= 4 is 34.3 Å². The Morgan fingerprint density at radius 2 is 2.00 bits per heavy atom. The van der Waals surface area contributed by atoms with Gasteiger partial charge in [0.1, 0.15) is 5.83 Å². The van der Waals surface area contributed by atoms with E-state index < -0.39 is 45.9 Å². The zero-order valence-electron chi connectivity index (χ0n) is 22.9. The first-order valence-corrected chi connectivity index (χ1v) is 15.7. The fourth-order valence-corrected chi connectivity index (χ4v) is 10.1. The molecule has 3 fully saturated rings. The highest BCUT2D eigenvalue weighted by Gasteiger charge is 2.79. The summed E-state index contributed by atoms with van der Waals surface area (Å²) in [4.78, 5) is 32.7. The van der Waals surface area contributed by atoms with Crippen molar-refractivity contribution in [3.63, 3.8) is 0 Å². The lowest BCUT2D eigenvalue weighted by atomic mass is 9.45. The van der Waals surface area contributed by atoms with Gasteiger partial charge in [-0.1, -0.05) is 55.1 Å². The fraction of sp³-hybridized carbons (Fsp3) is 0.613. The van der Waals surface area contributed by atoms with Crippen molar-refractivity contribution in [3.05, 3.63) is 59.4 Å². The number of alkyl halides is 2. The number of halogens is 3. The summed E-state index contributed by atoms with van der Waals surface area (Å²) in [6, 6.07) is 10.2. The number of allylic oxidation sites excluding steroid dienone is 4. The molecule has 5 nitrogen and oxygen atoms in total. The molecule has 2 saturated carbocycles. The minimum absolute atomic E-state index is 0.000116. The van der Waals surface area contributed by atoms with Crippen LogP contribution < -0.4 is 0 Å². The molecule has 5 aliphatic rings. The monoisotopic (exact) mass is 591 g/mol. The summed E-state index contributed by atoms with van der Waals surface area (Å²) in [7, 11) is 0. The first-order chi connectivity index (χ1) is 19.0. The Morgan fingerprint density at radius 3 is 2.73 bits per heavy atom. The molecule has 1 N–H and O–H groups in total. The maximum absolute atomic E-state index is 17.5. The largest absolute Gasteiger partial charge is 0.390 e. The van der Waals surface area contributed by atoms with Crippen LogP contribution in [0.5, 0.6) is 0 Å². The van der Waals surface area contributed by atoms with E-state index in [2.05, 4.69) is 12.1 Å². The second-order valence-corrected chi connectivity index (χ2v) is 14.2. The lowest BCUT2D eigenvalue weighted by Crippen LogP contribution is -2.69. The molecule has 1 aromatic rings. The summed E-state index contributed by atoms with van der Waals surface area (Å²) in [6.07, 6.45) is 3.14. The maximum atomic E-state index is 17.5. The highest BCUT2D eigenvalue weighted by atomic mass is 35.5. The molecular weight excluding hydrogens is 556 g/mol. The van der Waals surface area contributed by atoms with Gasteiger partial charge in [-0.15, -0.1) is 11.6 Å². The predicted octanol–water partition coefficient (Wildman–Crippen LogP) is 5.96. The van der Waals surface area contributed by atoms with Crippen LogP contribution in [0.1, 0.15) is 51.5 Å². The third kappa shape index (κ3) is 3.82. The molecule has 0 amide bonds. The van der Waals surface area contributed by atoms with Gasteiger partial charge in [-0.05, 0) is 55.7 Å². The molecule has 0 spiro atoms. The number of fused-ring (bicyclic) bond motifs is 7. The van der Waals surface area contributed by atoms with Crippen molar-refractivity contribution in [3.8, 4) is 0 Å². The van der Waals surface area contributed by atoms with E-state index in [1.54, 1.807) is 6.92 Å². The molecular formula is C31H36ClF2NO4S. The average Bonchev–Trinajstić information content (AvgIpc) is 3.40. The number of benzene rings is 1. The molecule has 216 valence electrons. The Balaban J connectivity index is 1.33. The Hall–Kier alpha value is -1.58. The number of rotatable bonds is 6. The van der Waals surface area contributed by atoms with Crippen LogP contribution in [0.4, 0.5) is 8.78 Å². The Morgan fingerprint density at radius 1 is 1.25 bits per heavy atom. The van der Waals surface area contributed by atoms with Gasteiger partial charge in [0.2, 0.25) is 5.12 Å². The van der Waals surface area contributed by atoms with E-state index in [-0.39, 0.29) is 46.9 Å². The second kappa shape index (κ2) is 10.0. The minimum atomic E-state index is -2.17. The van der Waals surface area contributed by atoms with Gasteiger partial charge in [0.05, 0.1) is 11.3 Å². The van der Waals surface area contributed by atoms with E-state index in [0.29, 0.717) is 19.5 Å². The summed E-state index contributed by atoms with van der Waals surface area (Å²) < 4.78 is 33.2. The number of aliphatic hydroxyl groups excluding tert-OH is 1. The van der Waals surface area contributed by atoms with Crippen LogP contribution >= 0.6 is 23.4 Å². The van der Waals surface area contributed by atoms with Gasteiger partial charge in [0.25, 0.3) is 0 Å². The number of aliphatic hydroxyl groups is 1. The number of hydroxylamine groups is 2. The van der Waals surface area contributed by atoms with E-state index >= 15 is 8.78 Å². The lowest BCUT2D eigenvalue weighted by molar-refractivity contribution is -0.260. The average molecular weight is 592 g/mol. The highest BCUT2D eigenvalue weighted by molar-refractivity contribution is 8.14. The summed E-state index contributed by atoms with van der Waals surface area (Å²) in [5.41, 5.74) is -4.44. The predicted molar refractivity (Wildman–Crippen MR) is 151 cm³/mol. The van der Waals surface area contributed by atoms with Crippen LogP contribution in [0, 0.1) is 28.6 Å². The quantitative estimate of drug-likeness (QED) is 0.412. The molecule has 1 saturated heterocycles. The van der Waals surface area contributed by atoms with Crippen molar-refractivity contribution in [1.29, 1.82) is 0 Å². The molecule has 1 heterocycles. The zero-order chi connectivity index (χ0) is 28.5. The highest BCUT2D eigenvalue weighted by Crippen LogP contribution is 2.73. The first kappa shape index (κ1) is 28.5. The molecule has 8 atom stereocenters. The Labute approximate surface area is 243 Å². The van der Waals surface area contributed by atoms with Gasteiger partial charge in [0.15, 0.2) is 17.1 Å². The number of aryl methyl sites for hydroxylation is 1. The molecule has 0 unspecified atom stereocenters. The topological polar surface area (TPSA) is 66.8 Å². The van der Waals surface area contributed by atoms with Gasteiger partial charge in [-0.2, -0.15) is 5.06 Å². The van der Waals surface area contributed by atoms with Crippen molar-refractivity contribution in [2.24, 2.45) is 28.6 Å². The first-order valence-electron chi connectivity index (χ1n) is 14.2. The normalized spacial score (nSPS) is 42.4. The molecule has 9 heteroatoms. The number of ketones is 1. The minimum Gasteiger partial charge on any atom is -0.390 e. The van der Waals surface area contributed by atoms with E-state index in [9.17, 15) is 14.7 Å². The van der Waals surface area contributed by atoms with E-state index in [0.717, 1.165) is 24.6 Å².